The van der Waals surface area contributed by atoms with Gasteiger partial charge in [-0.2, -0.15) is 0 Å². The summed E-state index contributed by atoms with van der Waals surface area (Å²) in [5.74, 6) is -2.15. The normalized spacial score (nSPS) is 12.7. The molecule has 0 aromatic rings. The van der Waals surface area contributed by atoms with E-state index in [-0.39, 0.29) is 13.1 Å². The summed E-state index contributed by atoms with van der Waals surface area (Å²) in [6.07, 6.45) is 0. The number of carbonyl (C=O) groups excluding carboxylic acids is 2. The Balaban J connectivity index is 4.34. The van der Waals surface area contributed by atoms with E-state index in [1.54, 1.807) is 20.8 Å². The van der Waals surface area contributed by atoms with Gasteiger partial charge in [0.1, 0.15) is 6.04 Å². The van der Waals surface area contributed by atoms with Crippen molar-refractivity contribution in [3.63, 3.8) is 0 Å². The van der Waals surface area contributed by atoms with Crippen LogP contribution in [0.25, 0.3) is 0 Å². The van der Waals surface area contributed by atoms with Gasteiger partial charge in [-0.15, -0.1) is 0 Å². The molecule has 2 amide bonds. The van der Waals surface area contributed by atoms with Gasteiger partial charge in [-0.25, -0.2) is 4.79 Å². The van der Waals surface area contributed by atoms with Gasteiger partial charge < -0.3 is 21.5 Å². The molecule has 0 heterocycles. The van der Waals surface area contributed by atoms with Gasteiger partial charge in [0.15, 0.2) is 0 Å². The standard InChI is InChI=1S/C10H19N3O4/c1-10(2,3)8(9(16)17)13-7(15)5-12-6(14)4-11/h8H,4-5,11H2,1-3H3,(H,12,14)(H,13,15)(H,16,17)/t8-/m0/s1. The summed E-state index contributed by atoms with van der Waals surface area (Å²) in [4.78, 5) is 33.1. The highest BCUT2D eigenvalue weighted by molar-refractivity contribution is 5.88. The van der Waals surface area contributed by atoms with E-state index in [1.165, 1.54) is 0 Å². The summed E-state index contributed by atoms with van der Waals surface area (Å²) in [6, 6.07) is -1.01. The predicted molar refractivity (Wildman–Crippen MR) is 61.1 cm³/mol. The molecule has 0 fully saturated rings. The molecule has 0 aromatic heterocycles. The van der Waals surface area contributed by atoms with Crippen LogP contribution in [-0.4, -0.2) is 42.0 Å². The Kier molecular flexibility index (Phi) is 5.60. The fraction of sp³-hybridized carbons (Fsp3) is 0.700. The molecule has 0 saturated heterocycles. The molecule has 0 saturated carbocycles. The van der Waals surface area contributed by atoms with E-state index in [2.05, 4.69) is 10.6 Å². The van der Waals surface area contributed by atoms with Gasteiger partial charge in [0, 0.05) is 0 Å². The van der Waals surface area contributed by atoms with E-state index in [1.807, 2.05) is 0 Å². The molecule has 0 aromatic carbocycles. The number of nitrogens with one attached hydrogen (secondary N) is 2. The molecule has 0 spiro atoms. The lowest BCUT2D eigenvalue weighted by Gasteiger charge is -2.27. The lowest BCUT2D eigenvalue weighted by Crippen LogP contribution is -2.51. The summed E-state index contributed by atoms with van der Waals surface area (Å²) in [6.45, 7) is 4.60. The minimum atomic E-state index is -1.11. The summed E-state index contributed by atoms with van der Waals surface area (Å²) >= 11 is 0. The van der Waals surface area contributed by atoms with Gasteiger partial charge in [-0.05, 0) is 5.41 Å². The predicted octanol–water partition coefficient (Wildman–Crippen LogP) is -1.32. The topological polar surface area (TPSA) is 122 Å². The first-order valence-electron chi connectivity index (χ1n) is 5.17. The lowest BCUT2D eigenvalue weighted by molar-refractivity contribution is -0.144. The molecule has 0 aliphatic heterocycles. The number of aliphatic carboxylic acids is 1. The zero-order valence-electron chi connectivity index (χ0n) is 10.2. The van der Waals surface area contributed by atoms with Crippen LogP contribution in [0.1, 0.15) is 20.8 Å². The Labute approximate surface area is 99.7 Å². The van der Waals surface area contributed by atoms with Crippen LogP contribution >= 0.6 is 0 Å². The van der Waals surface area contributed by atoms with E-state index in [9.17, 15) is 14.4 Å². The zero-order valence-corrected chi connectivity index (χ0v) is 10.2. The third kappa shape index (κ3) is 5.86. The van der Waals surface area contributed by atoms with E-state index in [4.69, 9.17) is 10.8 Å². The van der Waals surface area contributed by atoms with Crippen molar-refractivity contribution in [2.24, 2.45) is 11.1 Å². The first-order chi connectivity index (χ1) is 7.68. The Morgan fingerprint density at radius 1 is 1.24 bits per heavy atom. The highest BCUT2D eigenvalue weighted by atomic mass is 16.4. The molecule has 0 rings (SSSR count). The van der Waals surface area contributed by atoms with Gasteiger partial charge in [0.05, 0.1) is 13.1 Å². The van der Waals surface area contributed by atoms with Crippen LogP contribution in [0.4, 0.5) is 0 Å². The van der Waals surface area contributed by atoms with Gasteiger partial charge in [-0.1, -0.05) is 20.8 Å². The first kappa shape index (κ1) is 15.4. The van der Waals surface area contributed by atoms with Crippen LogP contribution in [0.5, 0.6) is 0 Å². The number of nitrogens with two attached hydrogens (primary N) is 1. The van der Waals surface area contributed by atoms with Crippen LogP contribution in [0.2, 0.25) is 0 Å². The molecule has 5 N–H and O–H groups in total. The summed E-state index contributed by atoms with van der Waals surface area (Å²) in [5.41, 5.74) is 4.43. The summed E-state index contributed by atoms with van der Waals surface area (Å²) < 4.78 is 0. The maximum absolute atomic E-state index is 11.4. The molecule has 17 heavy (non-hydrogen) atoms. The average molecular weight is 245 g/mol. The quantitative estimate of drug-likeness (QED) is 0.478. The van der Waals surface area contributed by atoms with E-state index < -0.39 is 29.2 Å². The van der Waals surface area contributed by atoms with Gasteiger partial charge in [0.2, 0.25) is 11.8 Å². The van der Waals surface area contributed by atoms with E-state index in [0.717, 1.165) is 0 Å². The molecule has 7 nitrogen and oxygen atoms in total. The number of rotatable bonds is 5. The number of carbonyl (C=O) groups is 3. The molecule has 98 valence electrons. The molecule has 7 heteroatoms. The highest BCUT2D eigenvalue weighted by Gasteiger charge is 2.32. The van der Waals surface area contributed by atoms with Gasteiger partial charge >= 0.3 is 5.97 Å². The van der Waals surface area contributed by atoms with Crippen LogP contribution in [0.3, 0.4) is 0 Å². The largest absolute Gasteiger partial charge is 0.480 e. The number of amides is 2. The van der Waals surface area contributed by atoms with Crippen LogP contribution in [-0.2, 0) is 14.4 Å². The Bertz CT molecular complexity index is 309. The molecule has 0 aliphatic carbocycles. The van der Waals surface area contributed by atoms with Crippen molar-refractivity contribution in [1.82, 2.24) is 10.6 Å². The molecule has 1 atom stereocenters. The minimum absolute atomic E-state index is 0.213. The molecular weight excluding hydrogens is 226 g/mol. The number of hydrogen-bond acceptors (Lipinski definition) is 4. The van der Waals surface area contributed by atoms with Crippen molar-refractivity contribution in [1.29, 1.82) is 0 Å². The Morgan fingerprint density at radius 2 is 1.76 bits per heavy atom. The van der Waals surface area contributed by atoms with Crippen molar-refractivity contribution < 1.29 is 19.5 Å². The Morgan fingerprint density at radius 3 is 2.12 bits per heavy atom. The smallest absolute Gasteiger partial charge is 0.326 e. The fourth-order valence-electron chi connectivity index (χ4n) is 1.11. The van der Waals surface area contributed by atoms with E-state index >= 15 is 0 Å². The zero-order chi connectivity index (χ0) is 13.6. The average Bonchev–Trinajstić information content (AvgIpc) is 2.20. The summed E-state index contributed by atoms with van der Waals surface area (Å²) in [5, 5.41) is 13.6. The van der Waals surface area contributed by atoms with Crippen LogP contribution in [0, 0.1) is 5.41 Å². The second-order valence-electron chi connectivity index (χ2n) is 4.69. The fourth-order valence-corrected chi connectivity index (χ4v) is 1.11. The molecule has 0 aliphatic rings. The monoisotopic (exact) mass is 245 g/mol. The molecule has 0 bridgehead atoms. The number of carboxylic acid groups (broad SMARTS) is 1. The van der Waals surface area contributed by atoms with Crippen molar-refractivity contribution >= 4 is 17.8 Å². The van der Waals surface area contributed by atoms with Crippen molar-refractivity contribution in [2.75, 3.05) is 13.1 Å². The lowest BCUT2D eigenvalue weighted by atomic mass is 9.87. The minimum Gasteiger partial charge on any atom is -0.480 e. The highest BCUT2D eigenvalue weighted by Crippen LogP contribution is 2.19. The second-order valence-corrected chi connectivity index (χ2v) is 4.69. The molecular formula is C10H19N3O4. The van der Waals surface area contributed by atoms with Crippen molar-refractivity contribution in [3.05, 3.63) is 0 Å². The first-order valence-corrected chi connectivity index (χ1v) is 5.17. The van der Waals surface area contributed by atoms with Crippen LogP contribution < -0.4 is 16.4 Å². The van der Waals surface area contributed by atoms with Crippen LogP contribution in [0.15, 0.2) is 0 Å². The number of carboxylic acids is 1. The van der Waals surface area contributed by atoms with Gasteiger partial charge in [0.25, 0.3) is 0 Å². The Hall–Kier alpha value is -1.63. The van der Waals surface area contributed by atoms with Crippen molar-refractivity contribution in [2.45, 2.75) is 26.8 Å². The molecule has 0 radical (unpaired) electrons. The second kappa shape index (κ2) is 6.19. The maximum atomic E-state index is 11.4. The number of hydrogen-bond donors (Lipinski definition) is 4. The third-order valence-electron chi connectivity index (χ3n) is 2.05. The van der Waals surface area contributed by atoms with Gasteiger partial charge in [-0.3, -0.25) is 9.59 Å². The molecule has 0 unspecified atom stereocenters. The maximum Gasteiger partial charge on any atom is 0.326 e. The third-order valence-corrected chi connectivity index (χ3v) is 2.05. The van der Waals surface area contributed by atoms with Crippen molar-refractivity contribution in [3.8, 4) is 0 Å². The summed E-state index contributed by atoms with van der Waals surface area (Å²) in [7, 11) is 0. The SMILES string of the molecule is CC(C)(C)[C@@H](NC(=O)CNC(=O)CN)C(=O)O. The van der Waals surface area contributed by atoms with E-state index in [0.29, 0.717) is 0 Å².